The summed E-state index contributed by atoms with van der Waals surface area (Å²) in [5, 5.41) is 9.33. The number of ether oxygens (including phenoxy) is 1. The van der Waals surface area contributed by atoms with Gasteiger partial charge in [0.25, 0.3) is 0 Å². The minimum atomic E-state index is -0.298. The van der Waals surface area contributed by atoms with Crippen LogP contribution in [0.1, 0.15) is 11.1 Å². The first-order valence-electron chi connectivity index (χ1n) is 3.99. The van der Waals surface area contributed by atoms with Crippen LogP contribution in [0.25, 0.3) is 0 Å². The van der Waals surface area contributed by atoms with E-state index >= 15 is 0 Å². The highest BCUT2D eigenvalue weighted by Gasteiger charge is 2.07. The van der Waals surface area contributed by atoms with E-state index in [0.29, 0.717) is 0 Å². The number of phenolic OH excluding ortho intramolecular Hbond substituents is 1. The average molecular weight is 180 g/mol. The summed E-state index contributed by atoms with van der Waals surface area (Å²) >= 11 is 0. The summed E-state index contributed by atoms with van der Waals surface area (Å²) < 4.78 is 4.53. The maximum absolute atomic E-state index is 10.9. The number of aromatic hydroxyl groups is 1. The van der Waals surface area contributed by atoms with E-state index in [1.165, 1.54) is 7.11 Å². The largest absolute Gasteiger partial charge is 0.508 e. The van der Waals surface area contributed by atoms with Crippen LogP contribution in [0.2, 0.25) is 0 Å². The predicted octanol–water partition coefficient (Wildman–Crippen LogP) is 1.42. The van der Waals surface area contributed by atoms with E-state index < -0.39 is 0 Å². The van der Waals surface area contributed by atoms with Crippen molar-refractivity contribution in [3.05, 3.63) is 29.3 Å². The first-order valence-corrected chi connectivity index (χ1v) is 3.99. The molecule has 0 unspecified atom stereocenters. The van der Waals surface area contributed by atoms with Gasteiger partial charge in [0.15, 0.2) is 0 Å². The molecule has 0 heterocycles. The van der Waals surface area contributed by atoms with Crippen LogP contribution in [0, 0.1) is 6.92 Å². The number of benzene rings is 1. The Morgan fingerprint density at radius 3 is 2.85 bits per heavy atom. The maximum Gasteiger partial charge on any atom is 0.309 e. The van der Waals surface area contributed by atoms with Crippen LogP contribution in [0.4, 0.5) is 0 Å². The Kier molecular flexibility index (Phi) is 2.90. The molecule has 1 N–H and O–H groups in total. The molecule has 0 saturated carbocycles. The van der Waals surface area contributed by atoms with Crippen molar-refractivity contribution in [3.8, 4) is 5.75 Å². The smallest absolute Gasteiger partial charge is 0.309 e. The number of carbonyl (C=O) groups is 1. The lowest BCUT2D eigenvalue weighted by molar-refractivity contribution is -0.139. The number of rotatable bonds is 2. The molecule has 0 aromatic heterocycles. The number of esters is 1. The number of carbonyl (C=O) groups excluding carboxylic acids is 1. The first kappa shape index (κ1) is 9.58. The van der Waals surface area contributed by atoms with Crippen LogP contribution in [-0.2, 0) is 16.0 Å². The third-order valence-electron chi connectivity index (χ3n) is 1.98. The third-order valence-corrected chi connectivity index (χ3v) is 1.98. The molecule has 0 bridgehead atoms. The first-order chi connectivity index (χ1) is 6.15. The van der Waals surface area contributed by atoms with Gasteiger partial charge in [-0.2, -0.15) is 0 Å². The van der Waals surface area contributed by atoms with Gasteiger partial charge in [-0.05, 0) is 24.1 Å². The molecule has 70 valence electrons. The minimum Gasteiger partial charge on any atom is -0.508 e. The summed E-state index contributed by atoms with van der Waals surface area (Å²) in [7, 11) is 1.35. The van der Waals surface area contributed by atoms with Gasteiger partial charge < -0.3 is 9.84 Å². The van der Waals surface area contributed by atoms with Crippen LogP contribution in [0.3, 0.4) is 0 Å². The Morgan fingerprint density at radius 2 is 2.23 bits per heavy atom. The van der Waals surface area contributed by atoms with Crippen LogP contribution >= 0.6 is 0 Å². The monoisotopic (exact) mass is 180 g/mol. The fraction of sp³-hybridized carbons (Fsp3) is 0.300. The van der Waals surface area contributed by atoms with Gasteiger partial charge in [-0.1, -0.05) is 12.1 Å². The second kappa shape index (κ2) is 3.94. The van der Waals surface area contributed by atoms with Crippen molar-refractivity contribution >= 4 is 5.97 Å². The maximum atomic E-state index is 10.9. The Bertz CT molecular complexity index is 318. The SMILES string of the molecule is COC(=O)Cc1cccc(O)c1C. The van der Waals surface area contributed by atoms with Gasteiger partial charge in [0, 0.05) is 0 Å². The Labute approximate surface area is 77.0 Å². The van der Waals surface area contributed by atoms with Crippen molar-refractivity contribution in [3.63, 3.8) is 0 Å². The van der Waals surface area contributed by atoms with Crippen molar-refractivity contribution in [1.29, 1.82) is 0 Å². The van der Waals surface area contributed by atoms with Crippen molar-refractivity contribution in [2.24, 2.45) is 0 Å². The van der Waals surface area contributed by atoms with Gasteiger partial charge in [-0.3, -0.25) is 4.79 Å². The molecule has 0 saturated heterocycles. The molecule has 3 nitrogen and oxygen atoms in total. The summed E-state index contributed by atoms with van der Waals surface area (Å²) in [6.07, 6.45) is 0.205. The highest BCUT2D eigenvalue weighted by atomic mass is 16.5. The molecular weight excluding hydrogens is 168 g/mol. The molecule has 3 heteroatoms. The van der Waals surface area contributed by atoms with E-state index in [9.17, 15) is 9.90 Å². The third kappa shape index (κ3) is 2.21. The lowest BCUT2D eigenvalue weighted by atomic mass is 10.1. The molecule has 13 heavy (non-hydrogen) atoms. The zero-order chi connectivity index (χ0) is 9.84. The van der Waals surface area contributed by atoms with Gasteiger partial charge in [-0.25, -0.2) is 0 Å². The summed E-state index contributed by atoms with van der Waals surface area (Å²) in [6, 6.07) is 5.10. The number of methoxy groups -OCH3 is 1. The van der Waals surface area contributed by atoms with Crippen molar-refractivity contribution < 1.29 is 14.6 Å². The molecular formula is C10H12O3. The second-order valence-electron chi connectivity index (χ2n) is 2.81. The van der Waals surface area contributed by atoms with Gasteiger partial charge in [0.1, 0.15) is 5.75 Å². The van der Waals surface area contributed by atoms with E-state index in [1.54, 1.807) is 25.1 Å². The van der Waals surface area contributed by atoms with Gasteiger partial charge in [0.2, 0.25) is 0 Å². The minimum absolute atomic E-state index is 0.205. The molecule has 0 atom stereocenters. The Balaban J connectivity index is 2.89. The molecule has 1 aromatic carbocycles. The molecule has 0 fully saturated rings. The van der Waals surface area contributed by atoms with E-state index in [-0.39, 0.29) is 18.1 Å². The van der Waals surface area contributed by atoms with Crippen molar-refractivity contribution in [2.45, 2.75) is 13.3 Å². The quantitative estimate of drug-likeness (QED) is 0.700. The summed E-state index contributed by atoms with van der Waals surface area (Å²) in [5.74, 6) is -0.0879. The van der Waals surface area contributed by atoms with E-state index in [0.717, 1.165) is 11.1 Å². The summed E-state index contributed by atoms with van der Waals surface area (Å²) in [4.78, 5) is 10.9. The average Bonchev–Trinajstić information content (AvgIpc) is 2.13. The van der Waals surface area contributed by atoms with Crippen LogP contribution in [0.15, 0.2) is 18.2 Å². The molecule has 0 aliphatic rings. The van der Waals surface area contributed by atoms with E-state index in [4.69, 9.17) is 0 Å². The van der Waals surface area contributed by atoms with Crippen molar-refractivity contribution in [2.75, 3.05) is 7.11 Å². The molecule has 0 amide bonds. The van der Waals surface area contributed by atoms with Gasteiger partial charge in [-0.15, -0.1) is 0 Å². The van der Waals surface area contributed by atoms with Crippen molar-refractivity contribution in [1.82, 2.24) is 0 Å². The zero-order valence-electron chi connectivity index (χ0n) is 7.70. The van der Waals surface area contributed by atoms with Crippen LogP contribution in [-0.4, -0.2) is 18.2 Å². The number of hydrogen-bond acceptors (Lipinski definition) is 3. The molecule has 0 spiro atoms. The van der Waals surface area contributed by atoms with E-state index in [1.807, 2.05) is 0 Å². The van der Waals surface area contributed by atoms with Crippen LogP contribution < -0.4 is 0 Å². The topological polar surface area (TPSA) is 46.5 Å². The van der Waals surface area contributed by atoms with Gasteiger partial charge in [0.05, 0.1) is 13.5 Å². The lowest BCUT2D eigenvalue weighted by Gasteiger charge is -2.05. The molecule has 1 aromatic rings. The zero-order valence-corrected chi connectivity index (χ0v) is 7.70. The molecule has 0 aliphatic carbocycles. The highest BCUT2D eigenvalue weighted by Crippen LogP contribution is 2.19. The second-order valence-corrected chi connectivity index (χ2v) is 2.81. The summed E-state index contributed by atoms with van der Waals surface area (Å²) in [6.45, 7) is 1.77. The lowest BCUT2D eigenvalue weighted by Crippen LogP contribution is -2.05. The van der Waals surface area contributed by atoms with Crippen LogP contribution in [0.5, 0.6) is 5.75 Å². The molecule has 0 aliphatic heterocycles. The Morgan fingerprint density at radius 1 is 1.54 bits per heavy atom. The molecule has 0 radical (unpaired) electrons. The fourth-order valence-corrected chi connectivity index (χ4v) is 1.09. The highest BCUT2D eigenvalue weighted by molar-refractivity contribution is 5.73. The van der Waals surface area contributed by atoms with Gasteiger partial charge >= 0.3 is 5.97 Å². The standard InChI is InChI=1S/C10H12O3/c1-7-8(6-10(12)13-2)4-3-5-9(7)11/h3-5,11H,6H2,1-2H3. The summed E-state index contributed by atoms with van der Waals surface area (Å²) in [5.41, 5.74) is 1.53. The number of hydrogen-bond donors (Lipinski definition) is 1. The predicted molar refractivity (Wildman–Crippen MR) is 48.6 cm³/mol. The number of phenols is 1. The fourth-order valence-electron chi connectivity index (χ4n) is 1.09. The normalized spacial score (nSPS) is 9.69. The van der Waals surface area contributed by atoms with E-state index in [2.05, 4.69) is 4.74 Å². The molecule has 1 rings (SSSR count). The Hall–Kier alpha value is -1.51.